The molecule has 30 heavy (non-hydrogen) atoms. The Morgan fingerprint density at radius 1 is 1.13 bits per heavy atom. The Morgan fingerprint density at radius 2 is 1.97 bits per heavy atom. The molecular formula is C23H28N4O2S. The van der Waals surface area contributed by atoms with E-state index in [0.717, 1.165) is 36.7 Å². The third-order valence-electron chi connectivity index (χ3n) is 4.47. The molecule has 3 N–H and O–H groups in total. The molecule has 0 radical (unpaired) electrons. The summed E-state index contributed by atoms with van der Waals surface area (Å²) >= 11 is 1.80. The first kappa shape index (κ1) is 21.6. The van der Waals surface area contributed by atoms with Crippen molar-refractivity contribution in [3.05, 3.63) is 76.4 Å². The van der Waals surface area contributed by atoms with Gasteiger partial charge in [-0.25, -0.2) is 4.99 Å². The van der Waals surface area contributed by atoms with Crippen LogP contribution in [0.25, 0.3) is 0 Å². The Kier molecular flexibility index (Phi) is 8.09. The van der Waals surface area contributed by atoms with Gasteiger partial charge in [0.15, 0.2) is 11.7 Å². The number of furan rings is 1. The maximum Gasteiger partial charge on any atom is 0.291 e. The van der Waals surface area contributed by atoms with Crippen LogP contribution in [0.4, 0.5) is 5.69 Å². The average Bonchev–Trinajstić information content (AvgIpc) is 3.45. The predicted octanol–water partition coefficient (Wildman–Crippen LogP) is 4.53. The summed E-state index contributed by atoms with van der Waals surface area (Å²) in [6.45, 7) is 6.53. The molecule has 0 spiro atoms. The summed E-state index contributed by atoms with van der Waals surface area (Å²) < 4.78 is 5.10. The summed E-state index contributed by atoms with van der Waals surface area (Å²) in [5, 5.41) is 11.7. The quantitative estimate of drug-likeness (QED) is 0.348. The van der Waals surface area contributed by atoms with E-state index in [9.17, 15) is 4.79 Å². The van der Waals surface area contributed by atoms with Crippen LogP contribution in [0.1, 0.15) is 34.8 Å². The number of anilines is 1. The fraction of sp³-hybridized carbons (Fsp3) is 0.304. The number of nitrogens with zero attached hydrogens (tertiary/aromatic N) is 1. The van der Waals surface area contributed by atoms with Crippen LogP contribution < -0.4 is 16.0 Å². The summed E-state index contributed by atoms with van der Waals surface area (Å²) in [7, 11) is 0. The van der Waals surface area contributed by atoms with Crippen molar-refractivity contribution in [1.82, 2.24) is 10.6 Å². The van der Waals surface area contributed by atoms with E-state index in [-0.39, 0.29) is 5.91 Å². The summed E-state index contributed by atoms with van der Waals surface area (Å²) in [6, 6.07) is 15.3. The molecule has 158 valence electrons. The maximum atomic E-state index is 12.0. The van der Waals surface area contributed by atoms with Gasteiger partial charge >= 0.3 is 0 Å². The lowest BCUT2D eigenvalue weighted by Crippen LogP contribution is -2.39. The number of amides is 1. The van der Waals surface area contributed by atoms with Gasteiger partial charge < -0.3 is 20.4 Å². The molecule has 0 aliphatic carbocycles. The lowest BCUT2D eigenvalue weighted by atomic mass is 10.1. The van der Waals surface area contributed by atoms with Crippen LogP contribution in [-0.4, -0.2) is 25.0 Å². The summed E-state index contributed by atoms with van der Waals surface area (Å²) in [5.41, 5.74) is 1.78. The average molecular weight is 425 g/mol. The monoisotopic (exact) mass is 424 g/mol. The Balaban J connectivity index is 1.50. The molecule has 0 saturated carbocycles. The van der Waals surface area contributed by atoms with Gasteiger partial charge in [-0.1, -0.05) is 25.1 Å². The van der Waals surface area contributed by atoms with Crippen molar-refractivity contribution in [3.63, 3.8) is 0 Å². The molecule has 1 atom stereocenters. The van der Waals surface area contributed by atoms with E-state index < -0.39 is 0 Å². The van der Waals surface area contributed by atoms with Crippen LogP contribution in [0.2, 0.25) is 0 Å². The predicted molar refractivity (Wildman–Crippen MR) is 123 cm³/mol. The molecule has 6 nitrogen and oxygen atoms in total. The normalized spacial score (nSPS) is 12.4. The van der Waals surface area contributed by atoms with Gasteiger partial charge in [0.2, 0.25) is 0 Å². The van der Waals surface area contributed by atoms with E-state index in [2.05, 4.69) is 52.3 Å². The molecule has 0 saturated heterocycles. The third-order valence-corrected chi connectivity index (χ3v) is 5.37. The minimum absolute atomic E-state index is 0.263. The van der Waals surface area contributed by atoms with Crippen molar-refractivity contribution in [1.29, 1.82) is 0 Å². The van der Waals surface area contributed by atoms with E-state index in [0.29, 0.717) is 18.2 Å². The SMILES string of the molecule is CCNC(=NCc1ccc(NC(=O)c2ccco2)cc1)NCC(C)Cc1cccs1. The topological polar surface area (TPSA) is 78.7 Å². The summed E-state index contributed by atoms with van der Waals surface area (Å²) in [5.74, 6) is 1.36. The minimum Gasteiger partial charge on any atom is -0.459 e. The third kappa shape index (κ3) is 6.77. The number of rotatable bonds is 9. The molecule has 7 heteroatoms. The van der Waals surface area contributed by atoms with Gasteiger partial charge in [-0.3, -0.25) is 4.79 Å². The number of carbonyl (C=O) groups is 1. The number of hydrogen-bond acceptors (Lipinski definition) is 4. The van der Waals surface area contributed by atoms with Gasteiger partial charge in [0.1, 0.15) is 0 Å². The highest BCUT2D eigenvalue weighted by Crippen LogP contribution is 2.14. The molecule has 2 heterocycles. The van der Waals surface area contributed by atoms with E-state index in [1.165, 1.54) is 11.1 Å². The fourth-order valence-corrected chi connectivity index (χ4v) is 3.79. The summed E-state index contributed by atoms with van der Waals surface area (Å²) in [6.07, 6.45) is 2.55. The van der Waals surface area contributed by atoms with Crippen LogP contribution in [0.5, 0.6) is 0 Å². The standard InChI is InChI=1S/C23H28N4O2S/c1-3-24-23(25-15-17(2)14-20-6-5-13-30-20)26-16-18-8-10-19(11-9-18)27-22(28)21-7-4-12-29-21/h4-13,17H,3,14-16H2,1-2H3,(H,27,28)(H2,24,25,26). The molecule has 0 aliphatic heterocycles. The molecule has 0 aliphatic rings. The van der Waals surface area contributed by atoms with Crippen molar-refractivity contribution in [2.24, 2.45) is 10.9 Å². The largest absolute Gasteiger partial charge is 0.459 e. The first-order valence-corrected chi connectivity index (χ1v) is 11.0. The fourth-order valence-electron chi connectivity index (χ4n) is 2.92. The number of nitrogens with one attached hydrogen (secondary N) is 3. The van der Waals surface area contributed by atoms with Crippen molar-refractivity contribution >= 4 is 28.9 Å². The summed E-state index contributed by atoms with van der Waals surface area (Å²) in [4.78, 5) is 18.1. The molecule has 0 bridgehead atoms. The Labute approximate surface area is 181 Å². The highest BCUT2D eigenvalue weighted by molar-refractivity contribution is 7.09. The minimum atomic E-state index is -0.263. The second-order valence-electron chi connectivity index (χ2n) is 7.09. The number of aliphatic imine (C=N–C) groups is 1. The number of hydrogen-bond donors (Lipinski definition) is 3. The van der Waals surface area contributed by atoms with Gasteiger partial charge in [-0.2, -0.15) is 0 Å². The number of carbonyl (C=O) groups excluding carboxylic acids is 1. The van der Waals surface area contributed by atoms with E-state index in [4.69, 9.17) is 4.42 Å². The van der Waals surface area contributed by atoms with Crippen LogP contribution in [0.3, 0.4) is 0 Å². The zero-order valence-electron chi connectivity index (χ0n) is 17.4. The van der Waals surface area contributed by atoms with Crippen molar-refractivity contribution in [3.8, 4) is 0 Å². The molecule has 0 fully saturated rings. The van der Waals surface area contributed by atoms with E-state index in [1.54, 1.807) is 23.5 Å². The molecule has 3 rings (SSSR count). The van der Waals surface area contributed by atoms with Crippen molar-refractivity contribution < 1.29 is 9.21 Å². The highest BCUT2D eigenvalue weighted by atomic mass is 32.1. The number of guanidine groups is 1. The molecule has 1 amide bonds. The van der Waals surface area contributed by atoms with Crippen LogP contribution in [-0.2, 0) is 13.0 Å². The zero-order chi connectivity index (χ0) is 21.2. The molecule has 2 aromatic heterocycles. The lowest BCUT2D eigenvalue weighted by molar-refractivity contribution is 0.0996. The van der Waals surface area contributed by atoms with Crippen LogP contribution >= 0.6 is 11.3 Å². The molecule has 1 unspecified atom stereocenters. The van der Waals surface area contributed by atoms with Gasteiger partial charge in [0.05, 0.1) is 12.8 Å². The van der Waals surface area contributed by atoms with Crippen molar-refractivity contribution in [2.75, 3.05) is 18.4 Å². The molecule has 1 aromatic carbocycles. The smallest absolute Gasteiger partial charge is 0.291 e. The van der Waals surface area contributed by atoms with Crippen molar-refractivity contribution in [2.45, 2.75) is 26.8 Å². The van der Waals surface area contributed by atoms with Crippen LogP contribution in [0.15, 0.2) is 69.6 Å². The Hall–Kier alpha value is -3.06. The lowest BCUT2D eigenvalue weighted by Gasteiger charge is -2.15. The van der Waals surface area contributed by atoms with E-state index >= 15 is 0 Å². The zero-order valence-corrected chi connectivity index (χ0v) is 18.2. The first-order chi connectivity index (χ1) is 14.6. The Morgan fingerprint density at radius 3 is 2.63 bits per heavy atom. The van der Waals surface area contributed by atoms with Crippen LogP contribution in [0, 0.1) is 5.92 Å². The first-order valence-electron chi connectivity index (χ1n) is 10.1. The van der Waals surface area contributed by atoms with Gasteiger partial charge in [0.25, 0.3) is 5.91 Å². The molecule has 3 aromatic rings. The highest BCUT2D eigenvalue weighted by Gasteiger charge is 2.09. The number of benzene rings is 1. The second-order valence-corrected chi connectivity index (χ2v) is 8.13. The molecular weight excluding hydrogens is 396 g/mol. The van der Waals surface area contributed by atoms with E-state index in [1.807, 2.05) is 24.3 Å². The maximum absolute atomic E-state index is 12.0. The second kappa shape index (κ2) is 11.2. The Bertz CT molecular complexity index is 919. The van der Waals surface area contributed by atoms with Gasteiger partial charge in [-0.05, 0) is 60.5 Å². The number of thiophene rings is 1. The van der Waals surface area contributed by atoms with Gasteiger partial charge in [-0.15, -0.1) is 11.3 Å². The van der Waals surface area contributed by atoms with Gasteiger partial charge in [0, 0.05) is 23.7 Å².